The minimum absolute atomic E-state index is 0.223. The standard InChI is InChI=1S/C12H16N2O2/c1-12(4-5-12)7-14-10-3-2-8(11(15)16)6-9(10)13/h2-3,6,14H,4-5,7,13H2,1H3,(H,15,16). The number of hydrogen-bond donors (Lipinski definition) is 3. The summed E-state index contributed by atoms with van der Waals surface area (Å²) in [5.74, 6) is -0.951. The lowest BCUT2D eigenvalue weighted by Gasteiger charge is -2.13. The second kappa shape index (κ2) is 3.70. The second-order valence-electron chi connectivity index (χ2n) is 4.77. The summed E-state index contributed by atoms with van der Waals surface area (Å²) in [6.07, 6.45) is 2.49. The van der Waals surface area contributed by atoms with Gasteiger partial charge in [0.25, 0.3) is 0 Å². The average Bonchev–Trinajstić information content (AvgIpc) is 2.95. The van der Waals surface area contributed by atoms with Crippen LogP contribution >= 0.6 is 0 Å². The first-order chi connectivity index (χ1) is 7.50. The van der Waals surface area contributed by atoms with Gasteiger partial charge in [-0.2, -0.15) is 0 Å². The maximum Gasteiger partial charge on any atom is 0.335 e. The second-order valence-corrected chi connectivity index (χ2v) is 4.77. The van der Waals surface area contributed by atoms with Gasteiger partial charge in [-0.1, -0.05) is 6.92 Å². The zero-order valence-corrected chi connectivity index (χ0v) is 9.29. The van der Waals surface area contributed by atoms with E-state index in [0.717, 1.165) is 12.2 Å². The molecule has 1 aliphatic carbocycles. The summed E-state index contributed by atoms with van der Waals surface area (Å²) >= 11 is 0. The van der Waals surface area contributed by atoms with Crippen molar-refractivity contribution in [2.45, 2.75) is 19.8 Å². The van der Waals surface area contributed by atoms with Crippen molar-refractivity contribution in [1.82, 2.24) is 0 Å². The molecule has 1 saturated carbocycles. The van der Waals surface area contributed by atoms with E-state index in [9.17, 15) is 4.79 Å². The lowest BCUT2D eigenvalue weighted by atomic mass is 10.1. The number of carboxylic acid groups (broad SMARTS) is 1. The maximum absolute atomic E-state index is 10.7. The molecule has 86 valence electrons. The lowest BCUT2D eigenvalue weighted by molar-refractivity contribution is 0.0697. The Morgan fingerprint density at radius 3 is 2.75 bits per heavy atom. The molecule has 0 atom stereocenters. The first-order valence-electron chi connectivity index (χ1n) is 5.37. The fraction of sp³-hybridized carbons (Fsp3) is 0.417. The molecule has 0 saturated heterocycles. The van der Waals surface area contributed by atoms with Crippen LogP contribution in [0.1, 0.15) is 30.1 Å². The maximum atomic E-state index is 10.7. The molecule has 1 aromatic carbocycles. The zero-order chi connectivity index (χ0) is 11.8. The highest BCUT2D eigenvalue weighted by Crippen LogP contribution is 2.44. The SMILES string of the molecule is CC1(CNc2ccc(C(=O)O)cc2N)CC1. The first kappa shape index (κ1) is 10.8. The molecule has 2 rings (SSSR count). The molecule has 0 radical (unpaired) electrons. The van der Waals surface area contributed by atoms with Crippen LogP contribution in [0.25, 0.3) is 0 Å². The highest BCUT2D eigenvalue weighted by molar-refractivity contribution is 5.90. The van der Waals surface area contributed by atoms with Crippen LogP contribution < -0.4 is 11.1 Å². The molecule has 0 unspecified atom stereocenters. The summed E-state index contributed by atoms with van der Waals surface area (Å²) in [4.78, 5) is 10.7. The molecule has 16 heavy (non-hydrogen) atoms. The van der Waals surface area contributed by atoms with Gasteiger partial charge in [0.1, 0.15) is 0 Å². The van der Waals surface area contributed by atoms with Gasteiger partial charge in [0.2, 0.25) is 0 Å². The molecule has 1 fully saturated rings. The van der Waals surface area contributed by atoms with Gasteiger partial charge in [0.05, 0.1) is 16.9 Å². The molecule has 0 amide bonds. The van der Waals surface area contributed by atoms with Gasteiger partial charge < -0.3 is 16.2 Å². The molecule has 4 N–H and O–H groups in total. The van der Waals surface area contributed by atoms with E-state index in [1.54, 1.807) is 12.1 Å². The number of rotatable bonds is 4. The summed E-state index contributed by atoms with van der Waals surface area (Å²) in [5, 5.41) is 12.1. The van der Waals surface area contributed by atoms with Crippen LogP contribution in [-0.4, -0.2) is 17.6 Å². The van der Waals surface area contributed by atoms with E-state index in [0.29, 0.717) is 11.1 Å². The topological polar surface area (TPSA) is 75.3 Å². The van der Waals surface area contributed by atoms with Crippen molar-refractivity contribution >= 4 is 17.3 Å². The van der Waals surface area contributed by atoms with Gasteiger partial charge in [-0.05, 0) is 36.5 Å². The number of anilines is 2. The fourth-order valence-corrected chi connectivity index (χ4v) is 1.56. The van der Waals surface area contributed by atoms with Crippen molar-refractivity contribution in [3.8, 4) is 0 Å². The van der Waals surface area contributed by atoms with Crippen molar-refractivity contribution in [2.75, 3.05) is 17.6 Å². The largest absolute Gasteiger partial charge is 0.478 e. The predicted molar refractivity (Wildman–Crippen MR) is 63.6 cm³/mol. The van der Waals surface area contributed by atoms with Crippen molar-refractivity contribution < 1.29 is 9.90 Å². The molecule has 4 nitrogen and oxygen atoms in total. The summed E-state index contributed by atoms with van der Waals surface area (Å²) < 4.78 is 0. The van der Waals surface area contributed by atoms with E-state index in [2.05, 4.69) is 12.2 Å². The molecule has 0 bridgehead atoms. The molecule has 1 aromatic rings. The summed E-state index contributed by atoms with van der Waals surface area (Å²) in [5.41, 5.74) is 7.71. The normalized spacial score (nSPS) is 16.8. The van der Waals surface area contributed by atoms with Crippen molar-refractivity contribution in [1.29, 1.82) is 0 Å². The fourth-order valence-electron chi connectivity index (χ4n) is 1.56. The van der Waals surface area contributed by atoms with Gasteiger partial charge in [-0.3, -0.25) is 0 Å². The van der Waals surface area contributed by atoms with Crippen LogP contribution in [0, 0.1) is 5.41 Å². The molecule has 4 heteroatoms. The van der Waals surface area contributed by atoms with Crippen LogP contribution in [0.5, 0.6) is 0 Å². The minimum atomic E-state index is -0.951. The molecular weight excluding hydrogens is 204 g/mol. The summed E-state index contributed by atoms with van der Waals surface area (Å²) in [6, 6.07) is 4.78. The Morgan fingerprint density at radius 1 is 1.56 bits per heavy atom. The number of nitrogens with two attached hydrogens (primary N) is 1. The highest BCUT2D eigenvalue weighted by atomic mass is 16.4. The van der Waals surface area contributed by atoms with Crippen molar-refractivity contribution in [3.05, 3.63) is 23.8 Å². The molecular formula is C12H16N2O2. The van der Waals surface area contributed by atoms with Gasteiger partial charge in [0.15, 0.2) is 0 Å². The van der Waals surface area contributed by atoms with Crippen molar-refractivity contribution in [3.63, 3.8) is 0 Å². The van der Waals surface area contributed by atoms with Gasteiger partial charge >= 0.3 is 5.97 Å². The lowest BCUT2D eigenvalue weighted by Crippen LogP contribution is -2.13. The number of aromatic carboxylic acids is 1. The van der Waals surface area contributed by atoms with Crippen LogP contribution in [-0.2, 0) is 0 Å². The van der Waals surface area contributed by atoms with Gasteiger partial charge in [0, 0.05) is 6.54 Å². The Morgan fingerprint density at radius 2 is 2.25 bits per heavy atom. The molecule has 0 heterocycles. The number of carboxylic acids is 1. The van der Waals surface area contributed by atoms with E-state index in [4.69, 9.17) is 10.8 Å². The van der Waals surface area contributed by atoms with Gasteiger partial charge in [-0.15, -0.1) is 0 Å². The number of benzene rings is 1. The highest BCUT2D eigenvalue weighted by Gasteiger charge is 2.36. The third kappa shape index (κ3) is 2.27. The van der Waals surface area contributed by atoms with E-state index in [1.807, 2.05) is 0 Å². The average molecular weight is 220 g/mol. The smallest absolute Gasteiger partial charge is 0.335 e. The number of hydrogen-bond acceptors (Lipinski definition) is 3. The monoisotopic (exact) mass is 220 g/mol. The number of carbonyl (C=O) groups is 1. The zero-order valence-electron chi connectivity index (χ0n) is 9.29. The third-order valence-corrected chi connectivity index (χ3v) is 3.11. The Hall–Kier alpha value is -1.71. The Balaban J connectivity index is 2.07. The Kier molecular flexibility index (Phi) is 2.50. The third-order valence-electron chi connectivity index (χ3n) is 3.11. The number of nitrogen functional groups attached to an aromatic ring is 1. The van der Waals surface area contributed by atoms with Crippen LogP contribution in [0.4, 0.5) is 11.4 Å². The minimum Gasteiger partial charge on any atom is -0.478 e. The van der Waals surface area contributed by atoms with E-state index in [1.165, 1.54) is 18.9 Å². The first-order valence-corrected chi connectivity index (χ1v) is 5.37. The Bertz CT molecular complexity index is 425. The van der Waals surface area contributed by atoms with Crippen LogP contribution in [0.3, 0.4) is 0 Å². The van der Waals surface area contributed by atoms with E-state index < -0.39 is 5.97 Å². The molecule has 0 aliphatic heterocycles. The number of nitrogens with one attached hydrogen (secondary N) is 1. The van der Waals surface area contributed by atoms with E-state index >= 15 is 0 Å². The predicted octanol–water partition coefficient (Wildman–Crippen LogP) is 2.18. The Labute approximate surface area is 94.5 Å². The molecule has 1 aliphatic rings. The van der Waals surface area contributed by atoms with Crippen LogP contribution in [0.2, 0.25) is 0 Å². The quantitative estimate of drug-likeness (QED) is 0.680. The summed E-state index contributed by atoms with van der Waals surface area (Å²) in [6.45, 7) is 3.12. The van der Waals surface area contributed by atoms with Crippen LogP contribution in [0.15, 0.2) is 18.2 Å². The molecule has 0 spiro atoms. The van der Waals surface area contributed by atoms with Crippen molar-refractivity contribution in [2.24, 2.45) is 5.41 Å². The molecule has 0 aromatic heterocycles. The van der Waals surface area contributed by atoms with E-state index in [-0.39, 0.29) is 5.56 Å². The van der Waals surface area contributed by atoms with Gasteiger partial charge in [-0.25, -0.2) is 4.79 Å². The summed E-state index contributed by atoms with van der Waals surface area (Å²) in [7, 11) is 0.